The van der Waals surface area contributed by atoms with Gasteiger partial charge in [-0.3, -0.25) is 29.4 Å². The van der Waals surface area contributed by atoms with Crippen molar-refractivity contribution in [1.82, 2.24) is 10.2 Å². The monoisotopic (exact) mass is 427 g/mol. The number of nitro groups is 1. The second-order valence-electron chi connectivity index (χ2n) is 9.30. The highest BCUT2D eigenvalue weighted by atomic mass is 16.6. The van der Waals surface area contributed by atoms with E-state index in [0.717, 1.165) is 19.5 Å². The molecule has 6 atom stereocenters. The first-order valence-electron chi connectivity index (χ1n) is 10.6. The van der Waals surface area contributed by atoms with Gasteiger partial charge >= 0.3 is 17.4 Å². The van der Waals surface area contributed by atoms with Gasteiger partial charge in [0, 0.05) is 30.0 Å². The predicted octanol–water partition coefficient (Wildman–Crippen LogP) is 0.0350. The molecule has 6 aliphatic rings. The van der Waals surface area contributed by atoms with Crippen molar-refractivity contribution >= 4 is 17.5 Å². The molecule has 1 saturated carbocycles. The first-order chi connectivity index (χ1) is 14.8. The van der Waals surface area contributed by atoms with Gasteiger partial charge in [-0.25, -0.2) is 0 Å². The summed E-state index contributed by atoms with van der Waals surface area (Å²) in [6.45, 7) is 1.87. The molecule has 0 aromatic heterocycles. The van der Waals surface area contributed by atoms with Crippen molar-refractivity contribution in [2.24, 2.45) is 17.3 Å². The van der Waals surface area contributed by atoms with E-state index in [1.807, 2.05) is 0 Å². The van der Waals surface area contributed by atoms with Crippen LogP contribution in [0.25, 0.3) is 0 Å². The van der Waals surface area contributed by atoms with Crippen LogP contribution in [0.5, 0.6) is 0 Å². The van der Waals surface area contributed by atoms with E-state index in [1.165, 1.54) is 11.6 Å². The third-order valence-electron chi connectivity index (χ3n) is 8.26. The Labute approximate surface area is 176 Å². The Kier molecular flexibility index (Phi) is 3.72. The smallest absolute Gasteiger partial charge is 0.343 e. The number of nitrogens with zero attached hydrogens (tertiary/aromatic N) is 2. The van der Waals surface area contributed by atoms with Gasteiger partial charge in [0.15, 0.2) is 0 Å². The molecule has 1 spiro atoms. The van der Waals surface area contributed by atoms with Crippen molar-refractivity contribution in [3.8, 4) is 0 Å². The van der Waals surface area contributed by atoms with E-state index in [2.05, 4.69) is 16.3 Å². The lowest BCUT2D eigenvalue weighted by atomic mass is 9.54. The molecule has 10 heteroatoms. The second kappa shape index (κ2) is 6.10. The minimum Gasteiger partial charge on any atom is -0.481 e. The van der Waals surface area contributed by atoms with Gasteiger partial charge in [-0.15, -0.1) is 0 Å². The standard InChI is InChI=1S/C21H21N3O7/c25-12-6-11-17(18(19(12)28)24(29)30)22-20-16-10-5-14-21(11,20)2-3-23(14)8-9(10)1-4-31-13(16)7-15(26)27/h1,6,10,13-14,16,20,22H,2-5,7-8H2,(H,26,27)/t10-,13-,14-,16-,20-,21+/m0/s1. The lowest BCUT2D eigenvalue weighted by molar-refractivity contribution is -0.419. The Balaban J connectivity index is 1.57. The summed E-state index contributed by atoms with van der Waals surface area (Å²) in [5.41, 5.74) is 0.637. The quantitative estimate of drug-likeness (QED) is 0.210. The van der Waals surface area contributed by atoms with Crippen LogP contribution in [0.3, 0.4) is 0 Å². The minimum absolute atomic E-state index is 0.0738. The molecule has 31 heavy (non-hydrogen) atoms. The first-order valence-corrected chi connectivity index (χ1v) is 10.6. The Morgan fingerprint density at radius 2 is 2.23 bits per heavy atom. The van der Waals surface area contributed by atoms with E-state index in [-0.39, 0.29) is 36.0 Å². The van der Waals surface area contributed by atoms with Gasteiger partial charge in [-0.1, -0.05) is 11.6 Å². The first kappa shape index (κ1) is 18.9. The van der Waals surface area contributed by atoms with Crippen molar-refractivity contribution < 1.29 is 29.2 Å². The molecule has 0 unspecified atom stereocenters. The van der Waals surface area contributed by atoms with E-state index < -0.39 is 39.7 Å². The molecule has 2 N–H and O–H groups in total. The van der Waals surface area contributed by atoms with Gasteiger partial charge < -0.3 is 15.2 Å². The molecular formula is C21H21N3O7. The molecular weight excluding hydrogens is 406 g/mol. The summed E-state index contributed by atoms with van der Waals surface area (Å²) in [5.74, 6) is -3.05. The Morgan fingerprint density at radius 3 is 2.97 bits per heavy atom. The highest BCUT2D eigenvalue weighted by Gasteiger charge is 2.69. The number of Topliss-reactive ketones (excluding diaryl/α,β-unsaturated/α-hetero) is 1. The highest BCUT2D eigenvalue weighted by Crippen LogP contribution is 2.64. The zero-order valence-electron chi connectivity index (χ0n) is 16.6. The van der Waals surface area contributed by atoms with E-state index in [1.54, 1.807) is 0 Å². The highest BCUT2D eigenvalue weighted by molar-refractivity contribution is 6.48. The summed E-state index contributed by atoms with van der Waals surface area (Å²) in [4.78, 5) is 49.8. The summed E-state index contributed by atoms with van der Waals surface area (Å²) < 4.78 is 6.00. The second-order valence-corrected chi connectivity index (χ2v) is 9.30. The summed E-state index contributed by atoms with van der Waals surface area (Å²) >= 11 is 0. The third kappa shape index (κ3) is 2.26. The summed E-state index contributed by atoms with van der Waals surface area (Å²) in [6.07, 6.45) is 4.09. The minimum atomic E-state index is -1.11. The number of carbonyl (C=O) groups excluding carboxylic acids is 2. The molecule has 0 radical (unpaired) electrons. The number of hydrogen-bond donors (Lipinski definition) is 2. The fourth-order valence-corrected chi connectivity index (χ4v) is 7.23. The Hall–Kier alpha value is -2.85. The zero-order chi connectivity index (χ0) is 21.7. The van der Waals surface area contributed by atoms with Crippen molar-refractivity contribution in [3.63, 3.8) is 0 Å². The summed E-state index contributed by atoms with van der Waals surface area (Å²) in [5, 5.41) is 24.6. The number of carboxylic acids is 1. The van der Waals surface area contributed by atoms with Gasteiger partial charge in [0.25, 0.3) is 0 Å². The molecule has 2 bridgehead atoms. The molecule has 3 saturated heterocycles. The molecule has 0 aromatic carbocycles. The Morgan fingerprint density at radius 1 is 1.42 bits per heavy atom. The number of fused-ring (bicyclic) bond motifs is 2. The van der Waals surface area contributed by atoms with Crippen LogP contribution in [0.1, 0.15) is 19.3 Å². The summed E-state index contributed by atoms with van der Waals surface area (Å²) in [6, 6.07) is -0.271. The van der Waals surface area contributed by atoms with Crippen LogP contribution in [-0.4, -0.2) is 70.3 Å². The topological polar surface area (TPSA) is 139 Å². The number of rotatable bonds is 3. The van der Waals surface area contributed by atoms with Gasteiger partial charge in [0.05, 0.1) is 24.1 Å². The number of ketones is 2. The molecule has 4 heterocycles. The predicted molar refractivity (Wildman–Crippen MR) is 103 cm³/mol. The average Bonchev–Trinajstić information content (AvgIpc) is 3.18. The van der Waals surface area contributed by atoms with Crippen LogP contribution in [0, 0.1) is 27.4 Å². The lowest BCUT2D eigenvalue weighted by Gasteiger charge is -2.55. The van der Waals surface area contributed by atoms with Crippen LogP contribution in [0.4, 0.5) is 0 Å². The number of ether oxygens (including phenoxy) is 1. The molecule has 162 valence electrons. The molecule has 6 rings (SSSR count). The number of carbonyl (C=O) groups is 3. The number of allylic oxidation sites excluding steroid dienone is 3. The summed E-state index contributed by atoms with van der Waals surface area (Å²) in [7, 11) is 0. The van der Waals surface area contributed by atoms with Gasteiger partial charge in [0.1, 0.15) is 5.70 Å². The van der Waals surface area contributed by atoms with E-state index >= 15 is 0 Å². The fourth-order valence-electron chi connectivity index (χ4n) is 7.23. The van der Waals surface area contributed by atoms with Crippen LogP contribution in [0.2, 0.25) is 0 Å². The van der Waals surface area contributed by atoms with Crippen LogP contribution in [-0.2, 0) is 19.1 Å². The van der Waals surface area contributed by atoms with Crippen molar-refractivity contribution in [2.75, 3.05) is 19.7 Å². The van der Waals surface area contributed by atoms with Crippen molar-refractivity contribution in [2.45, 2.75) is 37.5 Å². The maximum absolute atomic E-state index is 12.4. The van der Waals surface area contributed by atoms with Gasteiger partial charge in [-0.05, 0) is 37.0 Å². The number of hydrogen-bond acceptors (Lipinski definition) is 8. The number of aliphatic carboxylic acids is 1. The van der Waals surface area contributed by atoms with Crippen LogP contribution < -0.4 is 5.32 Å². The normalized spacial score (nSPS) is 40.5. The van der Waals surface area contributed by atoms with E-state index in [9.17, 15) is 29.6 Å². The lowest BCUT2D eigenvalue weighted by Crippen LogP contribution is -2.63. The van der Waals surface area contributed by atoms with Crippen LogP contribution >= 0.6 is 0 Å². The molecule has 10 nitrogen and oxygen atoms in total. The third-order valence-corrected chi connectivity index (χ3v) is 8.26. The van der Waals surface area contributed by atoms with Gasteiger partial charge in [0.2, 0.25) is 5.78 Å². The number of nitrogens with one attached hydrogen (secondary N) is 1. The SMILES string of the molecule is O=C(O)C[C@@H]1OCC=C2CN3CC[C@]45C6=CC(=O)C(=O)C([N+](=O)[O-])=C6N[C@H]4[C@H]1[C@H]2C[C@H]35. The molecule has 0 amide bonds. The number of carboxylic acid groups (broad SMARTS) is 1. The molecule has 0 aromatic rings. The Bertz CT molecular complexity index is 1060. The number of piperidine rings is 1. The van der Waals surface area contributed by atoms with Crippen molar-refractivity contribution in [1.29, 1.82) is 0 Å². The van der Waals surface area contributed by atoms with Crippen LogP contribution in [0.15, 0.2) is 34.7 Å². The maximum atomic E-state index is 12.4. The zero-order valence-corrected chi connectivity index (χ0v) is 16.6. The van der Waals surface area contributed by atoms with E-state index in [0.29, 0.717) is 18.6 Å². The van der Waals surface area contributed by atoms with E-state index in [4.69, 9.17) is 4.74 Å². The van der Waals surface area contributed by atoms with Crippen molar-refractivity contribution in [3.05, 3.63) is 44.8 Å². The average molecular weight is 427 g/mol. The van der Waals surface area contributed by atoms with Gasteiger partial charge in [-0.2, -0.15) is 0 Å². The largest absolute Gasteiger partial charge is 0.481 e. The molecule has 2 aliphatic carbocycles. The molecule has 4 aliphatic heterocycles. The fraction of sp³-hybridized carbons (Fsp3) is 0.571. The maximum Gasteiger partial charge on any atom is 0.343 e. The molecule has 4 fully saturated rings.